The van der Waals surface area contributed by atoms with Gasteiger partial charge < -0.3 is 16.0 Å². The Morgan fingerprint density at radius 2 is 1.73 bits per heavy atom. The molecular formula is C21H27N3O2. The van der Waals surface area contributed by atoms with Crippen LogP contribution in [0, 0.1) is 13.8 Å². The predicted octanol–water partition coefficient (Wildman–Crippen LogP) is 3.88. The van der Waals surface area contributed by atoms with Crippen molar-refractivity contribution in [1.29, 1.82) is 0 Å². The van der Waals surface area contributed by atoms with Gasteiger partial charge in [0.2, 0.25) is 5.91 Å². The van der Waals surface area contributed by atoms with Crippen LogP contribution < -0.4 is 16.0 Å². The minimum absolute atomic E-state index is 0.155. The molecule has 2 rings (SSSR count). The second-order valence-electron chi connectivity index (χ2n) is 7.51. The third kappa shape index (κ3) is 5.92. The molecule has 0 atom stereocenters. The number of carbonyl (C=O) groups is 2. The number of benzene rings is 2. The molecule has 2 amide bonds. The zero-order chi connectivity index (χ0) is 19.3. The summed E-state index contributed by atoms with van der Waals surface area (Å²) in [5.41, 5.74) is 4.01. The van der Waals surface area contributed by atoms with Gasteiger partial charge in [-0.1, -0.05) is 23.8 Å². The van der Waals surface area contributed by atoms with Crippen LogP contribution in [0.3, 0.4) is 0 Å². The number of hydrogen-bond acceptors (Lipinski definition) is 3. The fourth-order valence-electron chi connectivity index (χ4n) is 2.54. The van der Waals surface area contributed by atoms with Crippen molar-refractivity contribution in [3.05, 3.63) is 59.2 Å². The summed E-state index contributed by atoms with van der Waals surface area (Å²) >= 11 is 0. The maximum absolute atomic E-state index is 12.2. The van der Waals surface area contributed by atoms with Crippen LogP contribution in [0.4, 0.5) is 11.4 Å². The molecule has 2 aromatic rings. The quantitative estimate of drug-likeness (QED) is 0.764. The molecule has 5 heteroatoms. The molecule has 0 saturated carbocycles. The van der Waals surface area contributed by atoms with Crippen molar-refractivity contribution in [2.75, 3.05) is 17.2 Å². The summed E-state index contributed by atoms with van der Waals surface area (Å²) in [6.07, 6.45) is 0. The summed E-state index contributed by atoms with van der Waals surface area (Å²) in [4.78, 5) is 24.4. The molecule has 26 heavy (non-hydrogen) atoms. The molecule has 0 bridgehead atoms. The molecule has 3 N–H and O–H groups in total. The maximum Gasteiger partial charge on any atom is 0.251 e. The molecule has 0 aliphatic heterocycles. The van der Waals surface area contributed by atoms with Gasteiger partial charge in [0, 0.05) is 22.5 Å². The van der Waals surface area contributed by atoms with Crippen molar-refractivity contribution >= 4 is 23.2 Å². The van der Waals surface area contributed by atoms with Crippen molar-refractivity contribution in [1.82, 2.24) is 5.32 Å². The lowest BCUT2D eigenvalue weighted by atomic mass is 10.1. The highest BCUT2D eigenvalue weighted by Gasteiger charge is 2.15. The van der Waals surface area contributed by atoms with E-state index in [1.807, 2.05) is 46.8 Å². The van der Waals surface area contributed by atoms with Crippen molar-refractivity contribution in [3.63, 3.8) is 0 Å². The van der Waals surface area contributed by atoms with Crippen LogP contribution in [0.2, 0.25) is 0 Å². The number of rotatable bonds is 5. The van der Waals surface area contributed by atoms with E-state index in [1.54, 1.807) is 24.3 Å². The molecule has 0 saturated heterocycles. The standard InChI is InChI=1S/C21H27N3O2/c1-14-9-10-18(15(2)11-14)22-13-19(25)23-17-8-6-7-16(12-17)20(26)24-21(3,4)5/h6-12,22H,13H2,1-5H3,(H,23,25)(H,24,26). The SMILES string of the molecule is Cc1ccc(NCC(=O)Nc2cccc(C(=O)NC(C)(C)C)c2)c(C)c1. The Kier molecular flexibility index (Phi) is 6.03. The molecular weight excluding hydrogens is 326 g/mol. The number of amides is 2. The zero-order valence-corrected chi connectivity index (χ0v) is 16.1. The molecule has 0 heterocycles. The molecule has 0 unspecified atom stereocenters. The van der Waals surface area contributed by atoms with Crippen LogP contribution in [0.15, 0.2) is 42.5 Å². The Labute approximate surface area is 155 Å². The summed E-state index contributed by atoms with van der Waals surface area (Å²) in [5.74, 6) is -0.333. The average Bonchev–Trinajstić information content (AvgIpc) is 2.52. The number of anilines is 2. The molecule has 0 spiro atoms. The first-order chi connectivity index (χ1) is 12.1. The smallest absolute Gasteiger partial charge is 0.251 e. The normalized spacial score (nSPS) is 11.0. The van der Waals surface area contributed by atoms with E-state index < -0.39 is 0 Å². The van der Waals surface area contributed by atoms with Gasteiger partial charge in [-0.15, -0.1) is 0 Å². The molecule has 5 nitrogen and oxygen atoms in total. The molecule has 0 fully saturated rings. The van der Waals surface area contributed by atoms with Crippen LogP contribution >= 0.6 is 0 Å². The van der Waals surface area contributed by atoms with E-state index in [4.69, 9.17) is 0 Å². The van der Waals surface area contributed by atoms with Gasteiger partial charge in [0.25, 0.3) is 5.91 Å². The van der Waals surface area contributed by atoms with E-state index in [2.05, 4.69) is 22.0 Å². The highest BCUT2D eigenvalue weighted by Crippen LogP contribution is 2.16. The largest absolute Gasteiger partial charge is 0.376 e. The Hall–Kier alpha value is -2.82. The first-order valence-electron chi connectivity index (χ1n) is 8.67. The van der Waals surface area contributed by atoms with Gasteiger partial charge in [-0.2, -0.15) is 0 Å². The van der Waals surface area contributed by atoms with Crippen LogP contribution in [0.25, 0.3) is 0 Å². The minimum atomic E-state index is -0.313. The molecule has 0 radical (unpaired) electrons. The van der Waals surface area contributed by atoms with E-state index in [0.717, 1.165) is 11.3 Å². The van der Waals surface area contributed by atoms with Gasteiger partial charge in [0.05, 0.1) is 6.54 Å². The number of aryl methyl sites for hydroxylation is 2. The number of nitrogens with one attached hydrogen (secondary N) is 3. The summed E-state index contributed by atoms with van der Waals surface area (Å²) in [7, 11) is 0. The van der Waals surface area contributed by atoms with Crippen molar-refractivity contribution < 1.29 is 9.59 Å². The van der Waals surface area contributed by atoms with Crippen molar-refractivity contribution in [2.45, 2.75) is 40.2 Å². The van der Waals surface area contributed by atoms with Crippen LogP contribution in [-0.2, 0) is 4.79 Å². The van der Waals surface area contributed by atoms with Gasteiger partial charge in [-0.3, -0.25) is 9.59 Å². The van der Waals surface area contributed by atoms with Crippen LogP contribution in [-0.4, -0.2) is 23.9 Å². The number of carbonyl (C=O) groups excluding carboxylic acids is 2. The Morgan fingerprint density at radius 1 is 1.00 bits per heavy atom. The summed E-state index contributed by atoms with van der Waals surface area (Å²) in [6.45, 7) is 9.97. The van der Waals surface area contributed by atoms with Gasteiger partial charge in [0.15, 0.2) is 0 Å². The Morgan fingerprint density at radius 3 is 2.38 bits per heavy atom. The van der Waals surface area contributed by atoms with Gasteiger partial charge in [-0.05, 0) is 64.4 Å². The second kappa shape index (κ2) is 8.04. The van der Waals surface area contributed by atoms with Crippen LogP contribution in [0.5, 0.6) is 0 Å². The molecule has 0 aromatic heterocycles. The summed E-state index contributed by atoms with van der Waals surface area (Å²) < 4.78 is 0. The Balaban J connectivity index is 1.96. The Bertz CT molecular complexity index is 807. The van der Waals surface area contributed by atoms with E-state index in [0.29, 0.717) is 11.3 Å². The van der Waals surface area contributed by atoms with Gasteiger partial charge in [-0.25, -0.2) is 0 Å². The fourth-order valence-corrected chi connectivity index (χ4v) is 2.54. The number of hydrogen-bond donors (Lipinski definition) is 3. The monoisotopic (exact) mass is 353 g/mol. The molecule has 138 valence electrons. The van der Waals surface area contributed by atoms with E-state index >= 15 is 0 Å². The zero-order valence-electron chi connectivity index (χ0n) is 16.1. The fraction of sp³-hybridized carbons (Fsp3) is 0.333. The van der Waals surface area contributed by atoms with E-state index in [9.17, 15) is 9.59 Å². The minimum Gasteiger partial charge on any atom is -0.376 e. The van der Waals surface area contributed by atoms with E-state index in [1.165, 1.54) is 5.56 Å². The molecule has 0 aliphatic carbocycles. The third-order valence-corrected chi connectivity index (χ3v) is 3.72. The van der Waals surface area contributed by atoms with Crippen molar-refractivity contribution in [2.24, 2.45) is 0 Å². The van der Waals surface area contributed by atoms with Gasteiger partial charge >= 0.3 is 0 Å². The first-order valence-corrected chi connectivity index (χ1v) is 8.67. The summed E-state index contributed by atoms with van der Waals surface area (Å²) in [5, 5.41) is 8.87. The summed E-state index contributed by atoms with van der Waals surface area (Å²) in [6, 6.07) is 13.0. The third-order valence-electron chi connectivity index (χ3n) is 3.72. The highest BCUT2D eigenvalue weighted by molar-refractivity contribution is 5.98. The first kappa shape index (κ1) is 19.5. The maximum atomic E-state index is 12.2. The lowest BCUT2D eigenvalue weighted by Gasteiger charge is -2.20. The highest BCUT2D eigenvalue weighted by atomic mass is 16.2. The second-order valence-corrected chi connectivity index (χ2v) is 7.51. The van der Waals surface area contributed by atoms with E-state index in [-0.39, 0.29) is 23.9 Å². The topological polar surface area (TPSA) is 70.2 Å². The van der Waals surface area contributed by atoms with Crippen molar-refractivity contribution in [3.8, 4) is 0 Å². The molecule has 2 aromatic carbocycles. The lowest BCUT2D eigenvalue weighted by molar-refractivity contribution is -0.114. The predicted molar refractivity (Wildman–Crippen MR) is 107 cm³/mol. The average molecular weight is 353 g/mol. The van der Waals surface area contributed by atoms with Gasteiger partial charge in [0.1, 0.15) is 0 Å². The van der Waals surface area contributed by atoms with Crippen LogP contribution in [0.1, 0.15) is 42.3 Å². The molecule has 0 aliphatic rings. The lowest BCUT2D eigenvalue weighted by Crippen LogP contribution is -2.40.